The zero-order chi connectivity index (χ0) is 14.5. The Morgan fingerprint density at radius 3 is 2.71 bits per heavy atom. The van der Waals surface area contributed by atoms with Crippen LogP contribution in [0.1, 0.15) is 76.2 Å². The van der Waals surface area contributed by atoms with Crippen LogP contribution in [0.3, 0.4) is 0 Å². The molecule has 2 bridgehead atoms. The third-order valence-corrected chi connectivity index (χ3v) is 5.56. The Kier molecular flexibility index (Phi) is 5.35. The molecule has 0 N–H and O–H groups in total. The average molecular weight is 286 g/mol. The van der Waals surface area contributed by atoms with E-state index in [0.29, 0.717) is 12.2 Å². The van der Waals surface area contributed by atoms with Gasteiger partial charge in [-0.05, 0) is 62.3 Å². The molecule has 3 aliphatic rings. The fourth-order valence-electron chi connectivity index (χ4n) is 4.38. The van der Waals surface area contributed by atoms with Gasteiger partial charge in [-0.1, -0.05) is 50.1 Å². The van der Waals surface area contributed by atoms with Gasteiger partial charge in [-0.25, -0.2) is 0 Å². The first-order valence-corrected chi connectivity index (χ1v) is 9.07. The number of hydrogen-bond acceptors (Lipinski definition) is 1. The van der Waals surface area contributed by atoms with Gasteiger partial charge in [0, 0.05) is 0 Å². The Balaban J connectivity index is 1.59. The van der Waals surface area contributed by atoms with Crippen LogP contribution >= 0.6 is 0 Å². The third-order valence-electron chi connectivity index (χ3n) is 5.56. The molecular weight excluding hydrogens is 256 g/mol. The lowest BCUT2D eigenvalue weighted by Gasteiger charge is -2.34. The molecule has 21 heavy (non-hydrogen) atoms. The summed E-state index contributed by atoms with van der Waals surface area (Å²) in [6.45, 7) is 2.31. The highest BCUT2D eigenvalue weighted by Crippen LogP contribution is 2.39. The number of rotatable bonds is 6. The first-order valence-electron chi connectivity index (χ1n) is 9.07. The SMILES string of the molecule is CCCC(CCC1OC2CCCC1CC2)c1ccccc1. The van der Waals surface area contributed by atoms with Crippen molar-refractivity contribution < 1.29 is 4.74 Å². The molecule has 4 atom stereocenters. The van der Waals surface area contributed by atoms with Gasteiger partial charge >= 0.3 is 0 Å². The molecule has 2 aliphatic heterocycles. The molecule has 0 amide bonds. The quantitative estimate of drug-likeness (QED) is 0.652. The van der Waals surface area contributed by atoms with Gasteiger partial charge in [0.15, 0.2) is 0 Å². The van der Waals surface area contributed by atoms with Crippen molar-refractivity contribution in [3.05, 3.63) is 35.9 Å². The number of benzene rings is 1. The Morgan fingerprint density at radius 2 is 1.90 bits per heavy atom. The Hall–Kier alpha value is -0.820. The van der Waals surface area contributed by atoms with Gasteiger partial charge < -0.3 is 4.74 Å². The summed E-state index contributed by atoms with van der Waals surface area (Å²) in [6.07, 6.45) is 13.1. The number of ether oxygens (including phenoxy) is 1. The summed E-state index contributed by atoms with van der Waals surface area (Å²) < 4.78 is 6.37. The number of hydrogen-bond donors (Lipinski definition) is 0. The maximum Gasteiger partial charge on any atom is 0.0607 e. The van der Waals surface area contributed by atoms with Crippen molar-refractivity contribution in [1.82, 2.24) is 0 Å². The van der Waals surface area contributed by atoms with E-state index in [-0.39, 0.29) is 0 Å². The molecule has 1 aromatic carbocycles. The van der Waals surface area contributed by atoms with E-state index in [2.05, 4.69) is 37.3 Å². The van der Waals surface area contributed by atoms with Crippen LogP contribution in [0.2, 0.25) is 0 Å². The second kappa shape index (κ2) is 7.45. The van der Waals surface area contributed by atoms with Crippen LogP contribution < -0.4 is 0 Å². The second-order valence-corrected chi connectivity index (χ2v) is 7.04. The summed E-state index contributed by atoms with van der Waals surface area (Å²) >= 11 is 0. The largest absolute Gasteiger partial charge is 0.375 e. The van der Waals surface area contributed by atoms with Crippen molar-refractivity contribution in [2.24, 2.45) is 5.92 Å². The van der Waals surface area contributed by atoms with Crippen molar-refractivity contribution in [3.63, 3.8) is 0 Å². The molecule has 1 saturated carbocycles. The standard InChI is InChI=1S/C20H30O/c1-2-7-16(17-8-4-3-5-9-17)13-15-20-18-10-6-11-19(21-20)14-12-18/h3-5,8-9,16,18-20H,2,6-7,10-15H2,1H3. The smallest absolute Gasteiger partial charge is 0.0607 e. The highest BCUT2D eigenvalue weighted by molar-refractivity contribution is 5.19. The summed E-state index contributed by atoms with van der Waals surface area (Å²) in [5.74, 6) is 1.57. The molecule has 2 saturated heterocycles. The maximum atomic E-state index is 6.37. The molecule has 0 spiro atoms. The van der Waals surface area contributed by atoms with Crippen LogP contribution in [0.25, 0.3) is 0 Å². The molecule has 2 heterocycles. The van der Waals surface area contributed by atoms with E-state index in [9.17, 15) is 0 Å². The zero-order valence-corrected chi connectivity index (χ0v) is 13.5. The van der Waals surface area contributed by atoms with E-state index < -0.39 is 0 Å². The summed E-state index contributed by atoms with van der Waals surface area (Å²) in [5.41, 5.74) is 1.53. The van der Waals surface area contributed by atoms with Crippen LogP contribution in [-0.2, 0) is 4.74 Å². The van der Waals surface area contributed by atoms with Gasteiger partial charge in [-0.2, -0.15) is 0 Å². The van der Waals surface area contributed by atoms with E-state index in [1.165, 1.54) is 63.4 Å². The minimum atomic E-state index is 0.550. The molecule has 3 fully saturated rings. The van der Waals surface area contributed by atoms with Crippen molar-refractivity contribution in [3.8, 4) is 0 Å². The van der Waals surface area contributed by atoms with Crippen LogP contribution in [0.15, 0.2) is 30.3 Å². The van der Waals surface area contributed by atoms with Gasteiger partial charge in [-0.3, -0.25) is 0 Å². The minimum absolute atomic E-state index is 0.550. The van der Waals surface area contributed by atoms with Gasteiger partial charge in [0.05, 0.1) is 12.2 Å². The highest BCUT2D eigenvalue weighted by Gasteiger charge is 2.33. The summed E-state index contributed by atoms with van der Waals surface area (Å²) in [5, 5.41) is 0. The van der Waals surface area contributed by atoms with E-state index >= 15 is 0 Å². The predicted molar refractivity (Wildman–Crippen MR) is 88.6 cm³/mol. The zero-order valence-electron chi connectivity index (χ0n) is 13.5. The normalized spacial score (nSPS) is 30.0. The molecule has 4 unspecified atom stereocenters. The molecule has 1 nitrogen and oxygen atoms in total. The average Bonchev–Trinajstić information content (AvgIpc) is 2.87. The van der Waals surface area contributed by atoms with Crippen LogP contribution in [-0.4, -0.2) is 12.2 Å². The van der Waals surface area contributed by atoms with Crippen molar-refractivity contribution in [1.29, 1.82) is 0 Å². The van der Waals surface area contributed by atoms with Gasteiger partial charge in [0.2, 0.25) is 0 Å². The molecule has 116 valence electrons. The minimum Gasteiger partial charge on any atom is -0.375 e. The molecule has 1 aromatic rings. The number of fused-ring (bicyclic) bond motifs is 4. The lowest BCUT2D eigenvalue weighted by atomic mass is 9.84. The van der Waals surface area contributed by atoms with Crippen molar-refractivity contribution in [2.75, 3.05) is 0 Å². The van der Waals surface area contributed by atoms with E-state index in [1.54, 1.807) is 0 Å². The summed E-state index contributed by atoms with van der Waals surface area (Å²) in [4.78, 5) is 0. The fraction of sp³-hybridized carbons (Fsp3) is 0.700. The Bertz CT molecular complexity index is 409. The fourth-order valence-corrected chi connectivity index (χ4v) is 4.38. The van der Waals surface area contributed by atoms with Gasteiger partial charge in [0.1, 0.15) is 0 Å². The van der Waals surface area contributed by atoms with E-state index in [1.807, 2.05) is 0 Å². The van der Waals surface area contributed by atoms with Crippen molar-refractivity contribution in [2.45, 2.75) is 82.8 Å². The molecule has 0 aromatic heterocycles. The maximum absolute atomic E-state index is 6.37. The van der Waals surface area contributed by atoms with Crippen LogP contribution in [0.5, 0.6) is 0 Å². The first-order chi connectivity index (χ1) is 10.4. The first kappa shape index (κ1) is 15.1. The Labute approximate surface area is 130 Å². The summed E-state index contributed by atoms with van der Waals surface area (Å²) in [7, 11) is 0. The lowest BCUT2D eigenvalue weighted by Crippen LogP contribution is -2.32. The Morgan fingerprint density at radius 1 is 1.05 bits per heavy atom. The monoisotopic (exact) mass is 286 g/mol. The second-order valence-electron chi connectivity index (χ2n) is 7.04. The highest BCUT2D eigenvalue weighted by atomic mass is 16.5. The molecule has 1 aliphatic carbocycles. The molecule has 0 radical (unpaired) electrons. The van der Waals surface area contributed by atoms with E-state index in [4.69, 9.17) is 4.74 Å². The van der Waals surface area contributed by atoms with E-state index in [0.717, 1.165) is 11.8 Å². The topological polar surface area (TPSA) is 9.23 Å². The third kappa shape index (κ3) is 3.88. The molecule has 1 heteroatoms. The molecular formula is C20H30O. The lowest BCUT2D eigenvalue weighted by molar-refractivity contribution is -0.0752. The van der Waals surface area contributed by atoms with Gasteiger partial charge in [0.25, 0.3) is 0 Å². The van der Waals surface area contributed by atoms with Crippen LogP contribution in [0, 0.1) is 5.92 Å². The van der Waals surface area contributed by atoms with Crippen LogP contribution in [0.4, 0.5) is 0 Å². The summed E-state index contributed by atoms with van der Waals surface area (Å²) in [6, 6.07) is 11.1. The predicted octanol–water partition coefficient (Wildman–Crippen LogP) is 5.70. The van der Waals surface area contributed by atoms with Crippen molar-refractivity contribution >= 4 is 0 Å². The van der Waals surface area contributed by atoms with Gasteiger partial charge in [-0.15, -0.1) is 0 Å². The molecule has 4 rings (SSSR count).